The van der Waals surface area contributed by atoms with E-state index in [-0.39, 0.29) is 12.5 Å². The van der Waals surface area contributed by atoms with E-state index in [2.05, 4.69) is 31.8 Å². The maximum Gasteiger partial charge on any atom is 0.259 e. The summed E-state index contributed by atoms with van der Waals surface area (Å²) in [5.74, 6) is 1.08. The molecule has 7 heteroatoms. The quantitative estimate of drug-likeness (QED) is 0.546. The van der Waals surface area contributed by atoms with Gasteiger partial charge in [0.1, 0.15) is 11.5 Å². The first-order chi connectivity index (χ1) is 12.0. The number of ether oxygens (including phenoxy) is 2. The molecule has 0 aromatic heterocycles. The Kier molecular flexibility index (Phi) is 6.82. The largest absolute Gasteiger partial charge is 0.497 e. The molecule has 2 N–H and O–H groups in total. The first kappa shape index (κ1) is 18.8. The molecular weight excluding hydrogens is 386 g/mol. The van der Waals surface area contributed by atoms with Gasteiger partial charge in [-0.2, -0.15) is 5.10 Å². The van der Waals surface area contributed by atoms with E-state index >= 15 is 0 Å². The van der Waals surface area contributed by atoms with Crippen LogP contribution in [0, 0.1) is 0 Å². The van der Waals surface area contributed by atoms with E-state index in [1.165, 1.54) is 0 Å². The number of hydrogen-bond donors (Lipinski definition) is 2. The Bertz CT molecular complexity index is 761. The van der Waals surface area contributed by atoms with Gasteiger partial charge in [-0.15, -0.1) is 0 Å². The summed E-state index contributed by atoms with van der Waals surface area (Å²) in [5.41, 5.74) is 4.81. The van der Waals surface area contributed by atoms with Crippen LogP contribution in [0.4, 0.5) is 5.69 Å². The van der Waals surface area contributed by atoms with Crippen molar-refractivity contribution < 1.29 is 14.3 Å². The molecule has 132 valence electrons. The van der Waals surface area contributed by atoms with Crippen LogP contribution in [-0.4, -0.2) is 32.4 Å². The monoisotopic (exact) mass is 405 g/mol. The normalized spacial score (nSPS) is 11.0. The second-order valence-electron chi connectivity index (χ2n) is 5.16. The van der Waals surface area contributed by atoms with E-state index in [0.29, 0.717) is 17.2 Å². The van der Waals surface area contributed by atoms with Gasteiger partial charge in [0.05, 0.1) is 26.5 Å². The Morgan fingerprint density at radius 1 is 1.12 bits per heavy atom. The van der Waals surface area contributed by atoms with E-state index < -0.39 is 0 Å². The van der Waals surface area contributed by atoms with Crippen LogP contribution in [0.15, 0.2) is 52.0 Å². The highest BCUT2D eigenvalue weighted by atomic mass is 79.9. The lowest BCUT2D eigenvalue weighted by molar-refractivity contribution is -0.119. The number of hydrazone groups is 1. The SMILES string of the molecule is COc1ccc(/C(C)=N\NC(=O)CNc2ccc(Br)cc2)c(OC)c1. The molecule has 0 aliphatic heterocycles. The molecule has 0 aliphatic carbocycles. The average molecular weight is 406 g/mol. The van der Waals surface area contributed by atoms with Gasteiger partial charge in [-0.25, -0.2) is 5.43 Å². The molecule has 0 aliphatic rings. The van der Waals surface area contributed by atoms with E-state index in [1.807, 2.05) is 36.4 Å². The van der Waals surface area contributed by atoms with Crippen LogP contribution in [0.5, 0.6) is 11.5 Å². The van der Waals surface area contributed by atoms with Crippen molar-refractivity contribution in [2.45, 2.75) is 6.92 Å². The molecule has 2 aromatic rings. The molecule has 0 unspecified atom stereocenters. The van der Waals surface area contributed by atoms with Gasteiger partial charge in [-0.1, -0.05) is 15.9 Å². The minimum atomic E-state index is -0.241. The highest BCUT2D eigenvalue weighted by Gasteiger charge is 2.09. The number of benzene rings is 2. The first-order valence-electron chi connectivity index (χ1n) is 7.58. The Balaban J connectivity index is 1.96. The average Bonchev–Trinajstić information content (AvgIpc) is 2.65. The molecular formula is C18H20BrN3O3. The summed E-state index contributed by atoms with van der Waals surface area (Å²) >= 11 is 3.37. The van der Waals surface area contributed by atoms with Crippen molar-refractivity contribution in [2.24, 2.45) is 5.10 Å². The summed E-state index contributed by atoms with van der Waals surface area (Å²) < 4.78 is 11.5. The fourth-order valence-corrected chi connectivity index (χ4v) is 2.36. The van der Waals surface area contributed by atoms with Gasteiger partial charge in [0, 0.05) is 21.8 Å². The summed E-state index contributed by atoms with van der Waals surface area (Å²) in [7, 11) is 3.17. The molecule has 6 nitrogen and oxygen atoms in total. The summed E-state index contributed by atoms with van der Waals surface area (Å²) in [6.45, 7) is 1.92. The molecule has 0 heterocycles. The molecule has 2 aromatic carbocycles. The van der Waals surface area contributed by atoms with Crippen LogP contribution in [0.25, 0.3) is 0 Å². The van der Waals surface area contributed by atoms with Crippen LogP contribution in [0.2, 0.25) is 0 Å². The van der Waals surface area contributed by atoms with Crippen molar-refractivity contribution in [3.63, 3.8) is 0 Å². The number of carbonyl (C=O) groups is 1. The minimum absolute atomic E-state index is 0.123. The predicted molar refractivity (Wildman–Crippen MR) is 103 cm³/mol. The highest BCUT2D eigenvalue weighted by Crippen LogP contribution is 2.25. The van der Waals surface area contributed by atoms with Crippen molar-refractivity contribution in [1.82, 2.24) is 5.43 Å². The van der Waals surface area contributed by atoms with E-state index in [4.69, 9.17) is 9.47 Å². The summed E-state index contributed by atoms with van der Waals surface area (Å²) in [6, 6.07) is 13.0. The number of methoxy groups -OCH3 is 2. The van der Waals surface area contributed by atoms with Gasteiger partial charge in [-0.05, 0) is 43.3 Å². The number of nitrogens with zero attached hydrogens (tertiary/aromatic N) is 1. The van der Waals surface area contributed by atoms with Gasteiger partial charge in [-0.3, -0.25) is 4.79 Å². The Morgan fingerprint density at radius 2 is 1.84 bits per heavy atom. The third kappa shape index (κ3) is 5.49. The van der Waals surface area contributed by atoms with Crippen LogP contribution in [-0.2, 0) is 4.79 Å². The van der Waals surface area contributed by atoms with Crippen molar-refractivity contribution in [1.29, 1.82) is 0 Å². The van der Waals surface area contributed by atoms with E-state index in [0.717, 1.165) is 15.7 Å². The maximum absolute atomic E-state index is 11.9. The first-order valence-corrected chi connectivity index (χ1v) is 8.37. The van der Waals surface area contributed by atoms with Gasteiger partial charge < -0.3 is 14.8 Å². The molecule has 1 amide bonds. The fourth-order valence-electron chi connectivity index (χ4n) is 2.09. The summed E-state index contributed by atoms with van der Waals surface area (Å²) in [4.78, 5) is 11.9. The lowest BCUT2D eigenvalue weighted by atomic mass is 10.1. The third-order valence-corrected chi connectivity index (χ3v) is 3.97. The van der Waals surface area contributed by atoms with Crippen molar-refractivity contribution in [3.8, 4) is 11.5 Å². The number of hydrogen-bond acceptors (Lipinski definition) is 5. The number of rotatable bonds is 7. The molecule has 0 spiro atoms. The van der Waals surface area contributed by atoms with Crippen LogP contribution >= 0.6 is 15.9 Å². The molecule has 0 saturated heterocycles. The molecule has 0 saturated carbocycles. The zero-order valence-corrected chi connectivity index (χ0v) is 15.9. The molecule has 0 fully saturated rings. The smallest absolute Gasteiger partial charge is 0.259 e. The molecule has 0 bridgehead atoms. The van der Waals surface area contributed by atoms with Crippen LogP contribution < -0.4 is 20.2 Å². The highest BCUT2D eigenvalue weighted by molar-refractivity contribution is 9.10. The Labute approximate surface area is 155 Å². The van der Waals surface area contributed by atoms with E-state index in [1.54, 1.807) is 27.2 Å². The van der Waals surface area contributed by atoms with Gasteiger partial charge in [0.2, 0.25) is 0 Å². The summed E-state index contributed by atoms with van der Waals surface area (Å²) in [6.07, 6.45) is 0. The zero-order valence-electron chi connectivity index (χ0n) is 14.3. The van der Waals surface area contributed by atoms with Crippen LogP contribution in [0.1, 0.15) is 12.5 Å². The minimum Gasteiger partial charge on any atom is -0.497 e. The lowest BCUT2D eigenvalue weighted by Crippen LogP contribution is -2.26. The fraction of sp³-hybridized carbons (Fsp3) is 0.222. The summed E-state index contributed by atoms with van der Waals surface area (Å²) in [5, 5.41) is 7.16. The molecule has 0 atom stereocenters. The van der Waals surface area contributed by atoms with Crippen molar-refractivity contribution >= 4 is 33.2 Å². The molecule has 2 rings (SSSR count). The lowest BCUT2D eigenvalue weighted by Gasteiger charge is -2.10. The Morgan fingerprint density at radius 3 is 2.48 bits per heavy atom. The maximum atomic E-state index is 11.9. The number of amides is 1. The number of anilines is 1. The van der Waals surface area contributed by atoms with Crippen molar-refractivity contribution in [3.05, 3.63) is 52.5 Å². The molecule has 25 heavy (non-hydrogen) atoms. The number of carbonyl (C=O) groups excluding carboxylic acids is 1. The molecule has 0 radical (unpaired) electrons. The van der Waals surface area contributed by atoms with Gasteiger partial charge in [0.25, 0.3) is 5.91 Å². The van der Waals surface area contributed by atoms with E-state index in [9.17, 15) is 4.79 Å². The topological polar surface area (TPSA) is 72.0 Å². The van der Waals surface area contributed by atoms with Gasteiger partial charge >= 0.3 is 0 Å². The second kappa shape index (κ2) is 9.08. The number of nitrogens with one attached hydrogen (secondary N) is 2. The second-order valence-corrected chi connectivity index (χ2v) is 6.07. The third-order valence-electron chi connectivity index (χ3n) is 3.44. The van der Waals surface area contributed by atoms with Gasteiger partial charge in [0.15, 0.2) is 0 Å². The standard InChI is InChI=1S/C18H20BrN3O3/c1-12(16-9-8-15(24-2)10-17(16)25-3)21-22-18(23)11-20-14-6-4-13(19)5-7-14/h4-10,20H,11H2,1-3H3,(H,22,23)/b21-12-. The van der Waals surface area contributed by atoms with Crippen LogP contribution in [0.3, 0.4) is 0 Å². The number of halogens is 1. The zero-order chi connectivity index (χ0) is 18.2. The predicted octanol–water partition coefficient (Wildman–Crippen LogP) is 3.42. The van der Waals surface area contributed by atoms with Crippen molar-refractivity contribution in [2.75, 3.05) is 26.1 Å². The Hall–Kier alpha value is -2.54.